The molecule has 0 spiro atoms. The van der Waals surface area contributed by atoms with E-state index in [2.05, 4.69) is 5.32 Å². The molecule has 0 aliphatic heterocycles. The first-order valence-electron chi connectivity index (χ1n) is 6.54. The van der Waals surface area contributed by atoms with Crippen molar-refractivity contribution >= 4 is 0 Å². The third-order valence-electron chi connectivity index (χ3n) is 3.23. The van der Waals surface area contributed by atoms with Crippen LogP contribution in [0, 0.1) is 11.6 Å². The molecule has 21 heavy (non-hydrogen) atoms. The van der Waals surface area contributed by atoms with Crippen molar-refractivity contribution < 1.29 is 18.3 Å². The van der Waals surface area contributed by atoms with Crippen LogP contribution in [0.25, 0.3) is 0 Å². The lowest BCUT2D eigenvalue weighted by Crippen LogP contribution is -2.14. The van der Waals surface area contributed by atoms with E-state index in [1.807, 2.05) is 20.0 Å². The quantitative estimate of drug-likeness (QED) is 0.902. The van der Waals surface area contributed by atoms with Gasteiger partial charge in [-0.05, 0) is 38.2 Å². The van der Waals surface area contributed by atoms with Gasteiger partial charge < -0.3 is 14.8 Å². The van der Waals surface area contributed by atoms with E-state index in [-0.39, 0.29) is 11.8 Å². The molecule has 1 N–H and O–H groups in total. The van der Waals surface area contributed by atoms with Crippen LogP contribution in [-0.2, 0) is 0 Å². The third-order valence-corrected chi connectivity index (χ3v) is 3.23. The zero-order chi connectivity index (χ0) is 15.4. The van der Waals surface area contributed by atoms with E-state index < -0.39 is 11.6 Å². The maximum atomic E-state index is 13.3. The number of hydrogen-bond donors (Lipinski definition) is 1. The second kappa shape index (κ2) is 6.54. The number of benzene rings is 2. The Morgan fingerprint density at radius 2 is 1.76 bits per heavy atom. The third kappa shape index (κ3) is 3.31. The minimum absolute atomic E-state index is 0.0264. The van der Waals surface area contributed by atoms with Gasteiger partial charge in [-0.25, -0.2) is 8.78 Å². The Morgan fingerprint density at radius 3 is 2.38 bits per heavy atom. The number of nitrogens with one attached hydrogen (secondary N) is 1. The van der Waals surface area contributed by atoms with Gasteiger partial charge in [0.25, 0.3) is 0 Å². The summed E-state index contributed by atoms with van der Waals surface area (Å²) in [4.78, 5) is 0. The first kappa shape index (κ1) is 15.3. The van der Waals surface area contributed by atoms with Crippen molar-refractivity contribution in [3.63, 3.8) is 0 Å². The molecule has 0 aliphatic rings. The maximum absolute atomic E-state index is 13.3. The smallest absolute Gasteiger partial charge is 0.162 e. The molecule has 0 heterocycles. The van der Waals surface area contributed by atoms with Crippen LogP contribution in [0.2, 0.25) is 0 Å². The van der Waals surface area contributed by atoms with Gasteiger partial charge in [0.1, 0.15) is 17.2 Å². The predicted octanol–water partition coefficient (Wildman–Crippen LogP) is 4.05. The molecule has 2 rings (SSSR count). The highest BCUT2D eigenvalue weighted by Gasteiger charge is 2.17. The van der Waals surface area contributed by atoms with Crippen LogP contribution in [-0.4, -0.2) is 14.2 Å². The summed E-state index contributed by atoms with van der Waals surface area (Å²) < 4.78 is 37.2. The lowest BCUT2D eigenvalue weighted by Gasteiger charge is -2.19. The van der Waals surface area contributed by atoms with Crippen molar-refractivity contribution in [1.29, 1.82) is 0 Å². The van der Waals surface area contributed by atoms with Crippen molar-refractivity contribution in [3.05, 3.63) is 53.6 Å². The molecule has 0 radical (unpaired) electrons. The van der Waals surface area contributed by atoms with Crippen LogP contribution in [0.1, 0.15) is 18.5 Å². The van der Waals surface area contributed by atoms with Gasteiger partial charge in [-0.1, -0.05) is 6.07 Å². The summed E-state index contributed by atoms with van der Waals surface area (Å²) >= 11 is 0. The number of methoxy groups -OCH3 is 1. The second-order valence-corrected chi connectivity index (χ2v) is 4.56. The van der Waals surface area contributed by atoms with Crippen LogP contribution in [0.5, 0.6) is 17.2 Å². The maximum Gasteiger partial charge on any atom is 0.162 e. The molecule has 112 valence electrons. The van der Waals surface area contributed by atoms with Crippen LogP contribution < -0.4 is 14.8 Å². The van der Waals surface area contributed by atoms with Crippen molar-refractivity contribution in [2.24, 2.45) is 0 Å². The average molecular weight is 293 g/mol. The lowest BCUT2D eigenvalue weighted by molar-refractivity contribution is 0.392. The molecule has 1 atom stereocenters. The fourth-order valence-electron chi connectivity index (χ4n) is 2.03. The number of rotatable bonds is 5. The van der Waals surface area contributed by atoms with Gasteiger partial charge in [0.05, 0.1) is 12.7 Å². The highest BCUT2D eigenvalue weighted by Crippen LogP contribution is 2.36. The van der Waals surface area contributed by atoms with Crippen LogP contribution in [0.4, 0.5) is 8.78 Å². The SMILES string of the molecule is CNC(C)c1c(OC)cccc1Oc1ccc(F)c(F)c1. The van der Waals surface area contributed by atoms with E-state index in [4.69, 9.17) is 9.47 Å². The van der Waals surface area contributed by atoms with Gasteiger partial charge in [0, 0.05) is 12.1 Å². The first-order chi connectivity index (χ1) is 10.1. The molecule has 1 unspecified atom stereocenters. The van der Waals surface area contributed by atoms with Crippen molar-refractivity contribution in [2.45, 2.75) is 13.0 Å². The molecule has 3 nitrogen and oxygen atoms in total. The summed E-state index contributed by atoms with van der Waals surface area (Å²) in [6, 6.07) is 8.76. The van der Waals surface area contributed by atoms with Gasteiger partial charge in [-0.2, -0.15) is 0 Å². The van der Waals surface area contributed by atoms with Gasteiger partial charge in [-0.3, -0.25) is 0 Å². The van der Waals surface area contributed by atoms with E-state index in [0.29, 0.717) is 11.5 Å². The van der Waals surface area contributed by atoms with Gasteiger partial charge in [-0.15, -0.1) is 0 Å². The molecule has 2 aromatic carbocycles. The van der Waals surface area contributed by atoms with E-state index in [1.54, 1.807) is 19.2 Å². The Kier molecular flexibility index (Phi) is 4.75. The molecule has 0 saturated carbocycles. The molecular weight excluding hydrogens is 276 g/mol. The first-order valence-corrected chi connectivity index (χ1v) is 6.54. The number of ether oxygens (including phenoxy) is 2. The fourth-order valence-corrected chi connectivity index (χ4v) is 2.03. The summed E-state index contributed by atoms with van der Waals surface area (Å²) in [6.45, 7) is 1.95. The van der Waals surface area contributed by atoms with E-state index >= 15 is 0 Å². The summed E-state index contributed by atoms with van der Waals surface area (Å²) in [6.07, 6.45) is 0. The van der Waals surface area contributed by atoms with Crippen molar-refractivity contribution in [2.75, 3.05) is 14.2 Å². The highest BCUT2D eigenvalue weighted by atomic mass is 19.2. The normalized spacial score (nSPS) is 12.0. The predicted molar refractivity (Wildman–Crippen MR) is 76.9 cm³/mol. The van der Waals surface area contributed by atoms with Crippen molar-refractivity contribution in [3.8, 4) is 17.2 Å². The van der Waals surface area contributed by atoms with Crippen molar-refractivity contribution in [1.82, 2.24) is 5.32 Å². The molecule has 5 heteroatoms. The Labute approximate surface area is 122 Å². The van der Waals surface area contributed by atoms with Gasteiger partial charge in [0.15, 0.2) is 11.6 Å². The van der Waals surface area contributed by atoms with Gasteiger partial charge >= 0.3 is 0 Å². The number of hydrogen-bond acceptors (Lipinski definition) is 3. The molecule has 0 fully saturated rings. The Hall–Kier alpha value is -2.14. The summed E-state index contributed by atoms with van der Waals surface area (Å²) in [5, 5.41) is 3.11. The Balaban J connectivity index is 2.41. The summed E-state index contributed by atoms with van der Waals surface area (Å²) in [5.74, 6) is -0.429. The van der Waals surface area contributed by atoms with E-state index in [9.17, 15) is 8.78 Å². The Morgan fingerprint density at radius 1 is 1.05 bits per heavy atom. The minimum atomic E-state index is -0.946. The topological polar surface area (TPSA) is 30.5 Å². The monoisotopic (exact) mass is 293 g/mol. The van der Waals surface area contributed by atoms with Gasteiger partial charge in [0.2, 0.25) is 0 Å². The van der Waals surface area contributed by atoms with Crippen LogP contribution in [0.15, 0.2) is 36.4 Å². The molecule has 0 saturated heterocycles. The van der Waals surface area contributed by atoms with E-state index in [0.717, 1.165) is 17.7 Å². The lowest BCUT2D eigenvalue weighted by atomic mass is 10.1. The van der Waals surface area contributed by atoms with Crippen LogP contribution >= 0.6 is 0 Å². The molecule has 0 amide bonds. The zero-order valence-electron chi connectivity index (χ0n) is 12.1. The standard InChI is InChI=1S/C16H17F2NO2/c1-10(19-2)16-14(20-3)5-4-6-15(16)21-11-7-8-12(17)13(18)9-11/h4-10,19H,1-3H3. The molecule has 0 bridgehead atoms. The molecule has 0 aliphatic carbocycles. The van der Waals surface area contributed by atoms with Crippen LogP contribution in [0.3, 0.4) is 0 Å². The summed E-state index contributed by atoms with van der Waals surface area (Å²) in [7, 11) is 3.39. The second-order valence-electron chi connectivity index (χ2n) is 4.56. The van der Waals surface area contributed by atoms with E-state index in [1.165, 1.54) is 6.07 Å². The Bertz CT molecular complexity index is 632. The average Bonchev–Trinajstić information content (AvgIpc) is 2.50. The summed E-state index contributed by atoms with van der Waals surface area (Å²) in [5.41, 5.74) is 0.812. The minimum Gasteiger partial charge on any atom is -0.496 e. The molecule has 2 aromatic rings. The number of halogens is 2. The largest absolute Gasteiger partial charge is 0.496 e. The molecular formula is C16H17F2NO2. The highest BCUT2D eigenvalue weighted by molar-refractivity contribution is 5.48. The fraction of sp³-hybridized carbons (Fsp3) is 0.250. The molecule has 0 aromatic heterocycles. The zero-order valence-corrected chi connectivity index (χ0v) is 12.1.